The Morgan fingerprint density at radius 3 is 2.44 bits per heavy atom. The topological polar surface area (TPSA) is 87.7 Å². The van der Waals surface area contributed by atoms with Crippen LogP contribution in [-0.4, -0.2) is 29.4 Å². The molecule has 7 heteroatoms. The van der Waals surface area contributed by atoms with Crippen LogP contribution in [0.1, 0.15) is 33.0 Å². The Labute approximate surface area is 95.9 Å². The molecule has 92 valence electrons. The minimum Gasteiger partial charge on any atom is -0.261 e. The van der Waals surface area contributed by atoms with Crippen LogP contribution in [-0.2, 0) is 10.0 Å². The fourth-order valence-electron chi connectivity index (χ4n) is 1.02. The minimum atomic E-state index is -3.35. The molecule has 0 saturated carbocycles. The van der Waals surface area contributed by atoms with E-state index >= 15 is 0 Å². The molecule has 0 amide bonds. The van der Waals surface area contributed by atoms with Crippen molar-refractivity contribution in [3.63, 3.8) is 0 Å². The van der Waals surface area contributed by atoms with Gasteiger partial charge in [0.2, 0.25) is 10.0 Å². The molecular weight excluding hydrogens is 228 g/mol. The van der Waals surface area contributed by atoms with Gasteiger partial charge in [0.25, 0.3) is 5.95 Å². The molecule has 0 aliphatic rings. The first-order valence-electron chi connectivity index (χ1n) is 5.07. The molecular formula is C9H18N4O2S. The van der Waals surface area contributed by atoms with Gasteiger partial charge in [-0.25, -0.2) is 13.1 Å². The molecule has 0 bridgehead atoms. The first-order valence-corrected chi connectivity index (χ1v) is 6.73. The first kappa shape index (κ1) is 13.0. The molecule has 0 radical (unpaired) electrons. The monoisotopic (exact) mass is 246 g/mol. The summed E-state index contributed by atoms with van der Waals surface area (Å²) in [6.45, 7) is 7.71. The molecule has 6 nitrogen and oxygen atoms in total. The van der Waals surface area contributed by atoms with E-state index in [4.69, 9.17) is 0 Å². The highest BCUT2D eigenvalue weighted by atomic mass is 32.2. The van der Waals surface area contributed by atoms with Gasteiger partial charge >= 0.3 is 0 Å². The van der Waals surface area contributed by atoms with Gasteiger partial charge < -0.3 is 0 Å². The van der Waals surface area contributed by atoms with Crippen molar-refractivity contribution < 1.29 is 8.42 Å². The zero-order valence-electron chi connectivity index (χ0n) is 10.0. The maximum atomic E-state index is 11.7. The Morgan fingerprint density at radius 2 is 2.00 bits per heavy atom. The van der Waals surface area contributed by atoms with Crippen LogP contribution in [0.2, 0.25) is 0 Å². The number of anilines is 1. The predicted molar refractivity (Wildman–Crippen MR) is 62.6 cm³/mol. The molecule has 16 heavy (non-hydrogen) atoms. The van der Waals surface area contributed by atoms with E-state index in [9.17, 15) is 8.42 Å². The Morgan fingerprint density at radius 1 is 1.38 bits per heavy atom. The summed E-state index contributed by atoms with van der Waals surface area (Å²) in [5.41, 5.74) is -0.0102. The fourth-order valence-corrected chi connectivity index (χ4v) is 2.37. The lowest BCUT2D eigenvalue weighted by Crippen LogP contribution is -2.21. The molecule has 1 rings (SSSR count). The average Bonchev–Trinajstić information content (AvgIpc) is 2.46. The second-order valence-corrected chi connectivity index (χ2v) is 6.82. The van der Waals surface area contributed by atoms with Crippen LogP contribution in [0.25, 0.3) is 0 Å². The summed E-state index contributed by atoms with van der Waals surface area (Å²) in [7, 11) is -3.35. The Kier molecular flexibility index (Phi) is 3.57. The molecule has 0 saturated heterocycles. The van der Waals surface area contributed by atoms with E-state index in [-0.39, 0.29) is 17.1 Å². The highest BCUT2D eigenvalue weighted by Crippen LogP contribution is 2.19. The lowest BCUT2D eigenvalue weighted by molar-refractivity contribution is 0.397. The second kappa shape index (κ2) is 4.40. The smallest absolute Gasteiger partial charge is 0.255 e. The van der Waals surface area contributed by atoms with Gasteiger partial charge in [-0.1, -0.05) is 20.8 Å². The van der Waals surface area contributed by atoms with Crippen molar-refractivity contribution in [1.82, 2.24) is 15.2 Å². The van der Waals surface area contributed by atoms with E-state index in [0.717, 1.165) is 0 Å². The molecule has 0 aliphatic heterocycles. The van der Waals surface area contributed by atoms with Gasteiger partial charge in [0, 0.05) is 0 Å². The van der Waals surface area contributed by atoms with Gasteiger partial charge in [-0.15, -0.1) is 5.10 Å². The Hall–Kier alpha value is -1.11. The molecule has 1 aromatic heterocycles. The van der Waals surface area contributed by atoms with Gasteiger partial charge in [-0.3, -0.25) is 5.10 Å². The normalized spacial score (nSPS) is 12.8. The zero-order valence-corrected chi connectivity index (χ0v) is 10.8. The van der Waals surface area contributed by atoms with Crippen LogP contribution in [0, 0.1) is 12.3 Å². The zero-order chi connectivity index (χ0) is 12.4. The predicted octanol–water partition coefficient (Wildman–Crippen LogP) is 1.29. The lowest BCUT2D eigenvalue weighted by atomic mass is 9.94. The molecule has 0 atom stereocenters. The van der Waals surface area contributed by atoms with Gasteiger partial charge in [-0.2, -0.15) is 4.98 Å². The number of aromatic nitrogens is 3. The number of hydrogen-bond acceptors (Lipinski definition) is 4. The molecule has 1 heterocycles. The summed E-state index contributed by atoms with van der Waals surface area (Å²) in [6, 6.07) is 0. The van der Waals surface area contributed by atoms with Crippen LogP contribution < -0.4 is 4.72 Å². The van der Waals surface area contributed by atoms with Crippen LogP contribution in [0.5, 0.6) is 0 Å². The Balaban J connectivity index is 2.59. The summed E-state index contributed by atoms with van der Waals surface area (Å²) in [5.74, 6) is 0.754. The molecule has 0 aromatic carbocycles. The maximum Gasteiger partial charge on any atom is 0.255 e. The summed E-state index contributed by atoms with van der Waals surface area (Å²) in [6.07, 6.45) is 0.589. The van der Waals surface area contributed by atoms with Crippen molar-refractivity contribution in [2.24, 2.45) is 5.41 Å². The van der Waals surface area contributed by atoms with Gasteiger partial charge in [0.05, 0.1) is 5.75 Å². The summed E-state index contributed by atoms with van der Waals surface area (Å²) in [5, 5.41) is 6.29. The highest BCUT2D eigenvalue weighted by molar-refractivity contribution is 7.92. The molecule has 0 spiro atoms. The number of aromatic amines is 1. The second-order valence-electron chi connectivity index (χ2n) is 4.98. The van der Waals surface area contributed by atoms with Crippen molar-refractivity contribution >= 4 is 16.0 Å². The van der Waals surface area contributed by atoms with Gasteiger partial charge in [0.15, 0.2) is 0 Å². The third-order valence-electron chi connectivity index (χ3n) is 1.96. The number of rotatable bonds is 4. The van der Waals surface area contributed by atoms with Crippen LogP contribution in [0.15, 0.2) is 0 Å². The van der Waals surface area contributed by atoms with Crippen molar-refractivity contribution in [2.75, 3.05) is 10.5 Å². The van der Waals surface area contributed by atoms with Crippen molar-refractivity contribution in [3.8, 4) is 0 Å². The van der Waals surface area contributed by atoms with Gasteiger partial charge in [0.1, 0.15) is 5.82 Å². The third kappa shape index (κ3) is 4.61. The quantitative estimate of drug-likeness (QED) is 0.838. The van der Waals surface area contributed by atoms with E-state index in [2.05, 4.69) is 19.9 Å². The van der Waals surface area contributed by atoms with Gasteiger partial charge in [-0.05, 0) is 18.8 Å². The van der Waals surface area contributed by atoms with E-state index in [0.29, 0.717) is 12.2 Å². The SMILES string of the molecule is Cc1nc(NS(=O)(=O)CCC(C)(C)C)n[nH]1. The minimum absolute atomic E-state index is 0.0102. The standard InChI is InChI=1S/C9H18N4O2S/c1-7-10-8(12-11-7)13-16(14,15)6-5-9(2,3)4/h5-6H2,1-4H3,(H2,10,11,12,13). The fraction of sp³-hybridized carbons (Fsp3) is 0.778. The largest absolute Gasteiger partial charge is 0.261 e. The van der Waals surface area contributed by atoms with E-state index in [1.54, 1.807) is 6.92 Å². The van der Waals surface area contributed by atoms with E-state index in [1.165, 1.54) is 0 Å². The van der Waals surface area contributed by atoms with Crippen molar-refractivity contribution in [2.45, 2.75) is 34.1 Å². The van der Waals surface area contributed by atoms with E-state index in [1.807, 2.05) is 20.8 Å². The molecule has 0 unspecified atom stereocenters. The third-order valence-corrected chi connectivity index (χ3v) is 3.20. The maximum absolute atomic E-state index is 11.7. The summed E-state index contributed by atoms with van der Waals surface area (Å²) in [4.78, 5) is 3.88. The Bertz CT molecular complexity index is 444. The first-order chi connectivity index (χ1) is 7.18. The lowest BCUT2D eigenvalue weighted by Gasteiger charge is -2.17. The van der Waals surface area contributed by atoms with Crippen LogP contribution >= 0.6 is 0 Å². The molecule has 0 fully saturated rings. The highest BCUT2D eigenvalue weighted by Gasteiger charge is 2.18. The van der Waals surface area contributed by atoms with Crippen molar-refractivity contribution in [1.29, 1.82) is 0 Å². The van der Waals surface area contributed by atoms with Crippen LogP contribution in [0.3, 0.4) is 0 Å². The summed E-state index contributed by atoms with van der Waals surface area (Å²) >= 11 is 0. The average molecular weight is 246 g/mol. The van der Waals surface area contributed by atoms with Crippen LogP contribution in [0.4, 0.5) is 5.95 Å². The number of nitrogens with zero attached hydrogens (tertiary/aromatic N) is 2. The number of nitrogens with one attached hydrogen (secondary N) is 2. The number of H-pyrrole nitrogens is 1. The summed E-state index contributed by atoms with van der Waals surface area (Å²) < 4.78 is 25.6. The number of hydrogen-bond donors (Lipinski definition) is 2. The van der Waals surface area contributed by atoms with Crippen molar-refractivity contribution in [3.05, 3.63) is 5.82 Å². The number of sulfonamides is 1. The molecule has 2 N–H and O–H groups in total. The molecule has 0 aliphatic carbocycles. The van der Waals surface area contributed by atoms with E-state index < -0.39 is 10.0 Å². The molecule has 1 aromatic rings. The number of aryl methyl sites for hydroxylation is 1.